The number of thioether (sulfide) groups is 1. The summed E-state index contributed by atoms with van der Waals surface area (Å²) in [4.78, 5) is 0. The fraction of sp³-hybridized carbons (Fsp3) is 0.750. The molecule has 0 saturated heterocycles. The molecule has 0 unspecified atom stereocenters. The van der Waals surface area contributed by atoms with Crippen LogP contribution in [0.25, 0.3) is 0 Å². The van der Waals surface area contributed by atoms with Crippen molar-refractivity contribution in [1.82, 2.24) is 5.32 Å². The van der Waals surface area contributed by atoms with Gasteiger partial charge in [0.1, 0.15) is 0 Å². The van der Waals surface area contributed by atoms with Crippen molar-refractivity contribution in [2.24, 2.45) is 0 Å². The molecule has 10 heavy (non-hydrogen) atoms. The summed E-state index contributed by atoms with van der Waals surface area (Å²) in [7, 11) is 0. The highest BCUT2D eigenvalue weighted by Gasteiger charge is 2.40. The van der Waals surface area contributed by atoms with Gasteiger partial charge in [-0.05, 0) is 19.1 Å². The molecule has 0 spiro atoms. The van der Waals surface area contributed by atoms with Crippen LogP contribution in [0.3, 0.4) is 0 Å². The molecule has 1 fully saturated rings. The summed E-state index contributed by atoms with van der Waals surface area (Å²) in [6.07, 6.45) is 6.88. The summed E-state index contributed by atoms with van der Waals surface area (Å²) < 4.78 is 0.600. The Morgan fingerprint density at radius 3 is 2.80 bits per heavy atom. The van der Waals surface area contributed by atoms with E-state index in [9.17, 15) is 0 Å². The van der Waals surface area contributed by atoms with Gasteiger partial charge in [0.2, 0.25) is 0 Å². The van der Waals surface area contributed by atoms with E-state index < -0.39 is 0 Å². The van der Waals surface area contributed by atoms with Gasteiger partial charge in [-0.25, -0.2) is 0 Å². The van der Waals surface area contributed by atoms with Gasteiger partial charge in [0.25, 0.3) is 0 Å². The van der Waals surface area contributed by atoms with Gasteiger partial charge in [-0.2, -0.15) is 11.8 Å². The maximum Gasteiger partial charge on any atom is 0.0282 e. The van der Waals surface area contributed by atoms with Gasteiger partial charge < -0.3 is 5.32 Å². The van der Waals surface area contributed by atoms with E-state index in [1.54, 1.807) is 0 Å². The number of nitrogens with one attached hydrogen (secondary N) is 1. The van der Waals surface area contributed by atoms with Crippen LogP contribution in [0.1, 0.15) is 12.8 Å². The molecule has 0 bridgehead atoms. The number of hydrogen-bond acceptors (Lipinski definition) is 2. The second-order valence-corrected chi connectivity index (χ2v) is 4.08. The van der Waals surface area contributed by atoms with E-state index in [-0.39, 0.29) is 0 Å². The predicted octanol–water partition coefficient (Wildman–Crippen LogP) is 1.66. The van der Waals surface area contributed by atoms with E-state index in [2.05, 4.69) is 18.2 Å². The van der Waals surface area contributed by atoms with E-state index in [1.165, 1.54) is 12.8 Å². The molecule has 1 aliphatic rings. The molecule has 2 heteroatoms. The third kappa shape index (κ3) is 2.03. The summed E-state index contributed by atoms with van der Waals surface area (Å²) >= 11 is 1.99. The smallest absolute Gasteiger partial charge is 0.0282 e. The Bertz CT molecular complexity index is 118. The maximum atomic E-state index is 3.66. The van der Waals surface area contributed by atoms with Crippen molar-refractivity contribution in [3.8, 4) is 0 Å². The normalized spacial score (nSPS) is 20.5. The van der Waals surface area contributed by atoms with Crippen LogP contribution in [0.4, 0.5) is 0 Å². The van der Waals surface area contributed by atoms with Crippen LogP contribution >= 0.6 is 11.8 Å². The predicted molar refractivity (Wildman–Crippen MR) is 48.5 cm³/mol. The summed E-state index contributed by atoms with van der Waals surface area (Å²) in [5.74, 6) is 0. The first-order chi connectivity index (χ1) is 4.83. The Balaban J connectivity index is 2.06. The molecule has 1 nitrogen and oxygen atoms in total. The van der Waals surface area contributed by atoms with Crippen molar-refractivity contribution >= 4 is 11.8 Å². The molecule has 1 rings (SSSR count). The Kier molecular flexibility index (Phi) is 2.81. The monoisotopic (exact) mass is 157 g/mol. The second-order valence-electron chi connectivity index (χ2n) is 2.81. The van der Waals surface area contributed by atoms with E-state index >= 15 is 0 Å². The Morgan fingerprint density at radius 2 is 2.40 bits per heavy atom. The van der Waals surface area contributed by atoms with E-state index in [1.807, 2.05) is 17.8 Å². The van der Waals surface area contributed by atoms with E-state index in [0.717, 1.165) is 13.1 Å². The highest BCUT2D eigenvalue weighted by molar-refractivity contribution is 8.00. The molecular formula is C8H15NS. The number of hydrogen-bond donors (Lipinski definition) is 1. The Hall–Kier alpha value is 0.0500. The van der Waals surface area contributed by atoms with Gasteiger partial charge in [-0.1, -0.05) is 6.08 Å². The SMILES string of the molecule is C=CCNCC1(SC)CC1. The molecule has 0 heterocycles. The lowest BCUT2D eigenvalue weighted by Crippen LogP contribution is -2.25. The molecule has 0 aromatic rings. The molecule has 0 aromatic heterocycles. The molecule has 58 valence electrons. The Morgan fingerprint density at radius 1 is 1.70 bits per heavy atom. The van der Waals surface area contributed by atoms with Crippen molar-refractivity contribution in [2.75, 3.05) is 19.3 Å². The molecule has 1 N–H and O–H groups in total. The third-order valence-electron chi connectivity index (χ3n) is 1.98. The number of rotatable bonds is 5. The summed E-state index contributed by atoms with van der Waals surface area (Å²) in [6.45, 7) is 5.76. The topological polar surface area (TPSA) is 12.0 Å². The molecular weight excluding hydrogens is 142 g/mol. The molecule has 1 saturated carbocycles. The van der Waals surface area contributed by atoms with Crippen LogP contribution in [0.5, 0.6) is 0 Å². The van der Waals surface area contributed by atoms with Crippen LogP contribution in [-0.4, -0.2) is 24.1 Å². The zero-order chi connectivity index (χ0) is 7.45. The van der Waals surface area contributed by atoms with Gasteiger partial charge in [0.15, 0.2) is 0 Å². The summed E-state index contributed by atoms with van der Waals surface area (Å²) in [6, 6.07) is 0. The molecule has 0 aromatic carbocycles. The van der Waals surface area contributed by atoms with Crippen LogP contribution in [0.2, 0.25) is 0 Å². The molecule has 0 aliphatic heterocycles. The minimum Gasteiger partial charge on any atom is -0.312 e. The lowest BCUT2D eigenvalue weighted by atomic mass is 10.4. The molecule has 0 amide bonds. The zero-order valence-corrected chi connectivity index (χ0v) is 7.34. The molecule has 0 radical (unpaired) electrons. The summed E-state index contributed by atoms with van der Waals surface area (Å²) in [5.41, 5.74) is 0. The highest BCUT2D eigenvalue weighted by Crippen LogP contribution is 2.46. The largest absolute Gasteiger partial charge is 0.312 e. The van der Waals surface area contributed by atoms with Gasteiger partial charge in [-0.3, -0.25) is 0 Å². The van der Waals surface area contributed by atoms with E-state index in [0.29, 0.717) is 4.75 Å². The zero-order valence-electron chi connectivity index (χ0n) is 6.52. The Labute approximate surface area is 67.3 Å². The average Bonchev–Trinajstić information content (AvgIpc) is 2.70. The first kappa shape index (κ1) is 8.15. The van der Waals surface area contributed by atoms with Crippen molar-refractivity contribution in [3.05, 3.63) is 12.7 Å². The van der Waals surface area contributed by atoms with Crippen LogP contribution in [-0.2, 0) is 0 Å². The maximum absolute atomic E-state index is 3.66. The van der Waals surface area contributed by atoms with Crippen molar-refractivity contribution in [1.29, 1.82) is 0 Å². The minimum atomic E-state index is 0.600. The van der Waals surface area contributed by atoms with E-state index in [4.69, 9.17) is 0 Å². The van der Waals surface area contributed by atoms with Gasteiger partial charge >= 0.3 is 0 Å². The molecule has 1 aliphatic carbocycles. The quantitative estimate of drug-likeness (QED) is 0.481. The first-order valence-corrected chi connectivity index (χ1v) is 4.92. The first-order valence-electron chi connectivity index (χ1n) is 3.70. The summed E-state index contributed by atoms with van der Waals surface area (Å²) in [5, 5.41) is 3.35. The van der Waals surface area contributed by atoms with Crippen LogP contribution in [0.15, 0.2) is 12.7 Å². The van der Waals surface area contributed by atoms with Crippen LogP contribution < -0.4 is 5.32 Å². The van der Waals surface area contributed by atoms with Gasteiger partial charge in [0.05, 0.1) is 0 Å². The standard InChI is InChI=1S/C8H15NS/c1-3-6-9-7-8(10-2)4-5-8/h3,9H,1,4-7H2,2H3. The third-order valence-corrected chi connectivity index (χ3v) is 3.40. The molecule has 0 atom stereocenters. The van der Waals surface area contributed by atoms with Crippen LogP contribution in [0, 0.1) is 0 Å². The average molecular weight is 157 g/mol. The lowest BCUT2D eigenvalue weighted by Gasteiger charge is -2.10. The van der Waals surface area contributed by atoms with Crippen molar-refractivity contribution in [3.63, 3.8) is 0 Å². The fourth-order valence-electron chi connectivity index (χ4n) is 0.995. The highest BCUT2D eigenvalue weighted by atomic mass is 32.2. The van der Waals surface area contributed by atoms with Gasteiger partial charge in [-0.15, -0.1) is 6.58 Å². The fourth-order valence-corrected chi connectivity index (χ4v) is 1.75. The van der Waals surface area contributed by atoms with Crippen molar-refractivity contribution < 1.29 is 0 Å². The van der Waals surface area contributed by atoms with Gasteiger partial charge in [0, 0.05) is 17.8 Å². The second kappa shape index (κ2) is 3.44. The lowest BCUT2D eigenvalue weighted by molar-refractivity contribution is 0.714. The minimum absolute atomic E-state index is 0.600. The van der Waals surface area contributed by atoms with Crippen molar-refractivity contribution in [2.45, 2.75) is 17.6 Å².